The van der Waals surface area contributed by atoms with Crippen LogP contribution in [0.3, 0.4) is 0 Å². The van der Waals surface area contributed by atoms with Gasteiger partial charge in [0.15, 0.2) is 11.7 Å². The number of ether oxygens (including phenoxy) is 2. The van der Waals surface area contributed by atoms with Gasteiger partial charge >= 0.3 is 6.18 Å². The van der Waals surface area contributed by atoms with Crippen molar-refractivity contribution in [3.05, 3.63) is 53.5 Å². The van der Waals surface area contributed by atoms with Gasteiger partial charge < -0.3 is 9.47 Å². The van der Waals surface area contributed by atoms with Crippen molar-refractivity contribution in [2.45, 2.75) is 11.1 Å². The molecule has 2 heterocycles. The number of carbonyl (C=O) groups excluding carboxylic acids is 1. The molecule has 13 heteroatoms. The number of hydrogen-bond donors (Lipinski definition) is 1. The molecule has 0 spiro atoms. The highest BCUT2D eigenvalue weighted by Gasteiger charge is 2.34. The van der Waals surface area contributed by atoms with Gasteiger partial charge in [0.05, 0.1) is 28.9 Å². The fraction of sp³-hybridized carbons (Fsp3) is 0.158. The minimum atomic E-state index is -4.59. The van der Waals surface area contributed by atoms with Crippen molar-refractivity contribution >= 4 is 43.8 Å². The van der Waals surface area contributed by atoms with E-state index in [1.165, 1.54) is 31.5 Å². The molecule has 1 aliphatic heterocycles. The normalized spacial score (nSPS) is 14.0. The number of thiazole rings is 1. The molecule has 0 aliphatic carbocycles. The van der Waals surface area contributed by atoms with Crippen molar-refractivity contribution in [2.24, 2.45) is 0 Å². The van der Waals surface area contributed by atoms with Crippen LogP contribution in [0.1, 0.15) is 5.56 Å². The molecule has 8 nitrogen and oxygen atoms in total. The van der Waals surface area contributed by atoms with Crippen LogP contribution in [-0.4, -0.2) is 33.0 Å². The molecular weight excluding hydrogens is 471 g/mol. The van der Waals surface area contributed by atoms with Crippen LogP contribution < -0.4 is 19.1 Å². The van der Waals surface area contributed by atoms with Crippen molar-refractivity contribution < 1.29 is 35.9 Å². The number of halogens is 3. The zero-order valence-corrected chi connectivity index (χ0v) is 17.8. The molecule has 1 aromatic heterocycles. The number of aromatic nitrogens is 1. The molecule has 0 radical (unpaired) electrons. The van der Waals surface area contributed by atoms with E-state index in [-0.39, 0.29) is 32.9 Å². The van der Waals surface area contributed by atoms with Gasteiger partial charge in [0.1, 0.15) is 11.5 Å². The standard InChI is InChI=1S/C19H14F3N3O5S2/c1-29-15-8-11(19(20,21)22)2-4-13(15)25-14-5-3-12(9-16(14)30-10-17(25)26)32(27,28)24-18-23-6-7-31-18/h2-9H,10H2,1H3,(H,23,24). The summed E-state index contributed by atoms with van der Waals surface area (Å²) in [5, 5.41) is 1.78. The quantitative estimate of drug-likeness (QED) is 0.586. The molecule has 2 aromatic carbocycles. The molecule has 1 aliphatic rings. The maximum atomic E-state index is 13.1. The number of nitrogens with one attached hydrogen (secondary N) is 1. The number of alkyl halides is 3. The second kappa shape index (κ2) is 7.98. The van der Waals surface area contributed by atoms with Gasteiger partial charge in [-0.1, -0.05) is 0 Å². The first kappa shape index (κ1) is 21.9. The molecule has 0 atom stereocenters. The van der Waals surface area contributed by atoms with E-state index in [0.29, 0.717) is 0 Å². The molecule has 1 amide bonds. The highest BCUT2D eigenvalue weighted by molar-refractivity contribution is 7.93. The van der Waals surface area contributed by atoms with Crippen molar-refractivity contribution in [3.63, 3.8) is 0 Å². The van der Waals surface area contributed by atoms with E-state index in [2.05, 4.69) is 9.71 Å². The van der Waals surface area contributed by atoms with E-state index in [1.54, 1.807) is 5.38 Å². The number of hydrogen-bond acceptors (Lipinski definition) is 7. The Morgan fingerprint density at radius 3 is 2.59 bits per heavy atom. The zero-order chi connectivity index (χ0) is 23.1. The molecule has 0 fully saturated rings. The van der Waals surface area contributed by atoms with Gasteiger partial charge in [0.25, 0.3) is 15.9 Å². The van der Waals surface area contributed by atoms with Gasteiger partial charge in [-0.25, -0.2) is 13.4 Å². The Balaban J connectivity index is 1.74. The van der Waals surface area contributed by atoms with Crippen molar-refractivity contribution in [2.75, 3.05) is 23.3 Å². The maximum absolute atomic E-state index is 13.1. The molecule has 1 N–H and O–H groups in total. The summed E-state index contributed by atoms with van der Waals surface area (Å²) in [6.07, 6.45) is -3.15. The van der Waals surface area contributed by atoms with Gasteiger partial charge in [-0.05, 0) is 30.3 Å². The monoisotopic (exact) mass is 485 g/mol. The number of nitrogens with zero attached hydrogens (tertiary/aromatic N) is 2. The summed E-state index contributed by atoms with van der Waals surface area (Å²) in [5.41, 5.74) is -0.715. The molecular formula is C19H14F3N3O5S2. The van der Waals surface area contributed by atoms with Crippen molar-refractivity contribution in [1.29, 1.82) is 0 Å². The number of anilines is 3. The summed E-state index contributed by atoms with van der Waals surface area (Å²) in [4.78, 5) is 17.4. The molecule has 4 rings (SSSR count). The van der Waals surface area contributed by atoms with Crippen LogP contribution in [0.25, 0.3) is 0 Å². The van der Waals surface area contributed by atoms with Crippen LogP contribution >= 0.6 is 11.3 Å². The summed E-state index contributed by atoms with van der Waals surface area (Å²) in [7, 11) is -2.80. The molecule has 32 heavy (non-hydrogen) atoms. The molecule has 3 aromatic rings. The Morgan fingerprint density at radius 2 is 1.94 bits per heavy atom. The number of benzene rings is 2. The lowest BCUT2D eigenvalue weighted by atomic mass is 10.1. The summed E-state index contributed by atoms with van der Waals surface area (Å²) < 4.78 is 77.3. The fourth-order valence-corrected chi connectivity index (χ4v) is 4.85. The van der Waals surface area contributed by atoms with E-state index >= 15 is 0 Å². The van der Waals surface area contributed by atoms with E-state index < -0.39 is 34.3 Å². The van der Waals surface area contributed by atoms with Crippen LogP contribution in [0.5, 0.6) is 11.5 Å². The Kier molecular flexibility index (Phi) is 5.46. The lowest BCUT2D eigenvalue weighted by molar-refractivity contribution is -0.137. The molecule has 0 bridgehead atoms. The minimum Gasteiger partial charge on any atom is -0.495 e. The maximum Gasteiger partial charge on any atom is 0.416 e. The van der Waals surface area contributed by atoms with Gasteiger partial charge in [0, 0.05) is 17.6 Å². The number of fused-ring (bicyclic) bond motifs is 1. The fourth-order valence-electron chi connectivity index (χ4n) is 3.05. The number of methoxy groups -OCH3 is 1. The Labute approximate surface area is 184 Å². The second-order valence-corrected chi connectivity index (χ2v) is 9.05. The Hall–Kier alpha value is -3.32. The average Bonchev–Trinajstić information content (AvgIpc) is 3.24. The van der Waals surface area contributed by atoms with Crippen molar-refractivity contribution in [3.8, 4) is 11.5 Å². The third-order valence-corrected chi connectivity index (χ3v) is 6.64. The molecule has 0 unspecified atom stereocenters. The van der Waals surface area contributed by atoms with Crippen LogP contribution in [-0.2, 0) is 21.0 Å². The topological polar surface area (TPSA) is 97.8 Å². The largest absolute Gasteiger partial charge is 0.495 e. The summed E-state index contributed by atoms with van der Waals surface area (Å²) in [5.74, 6) is -0.677. The van der Waals surface area contributed by atoms with Crippen LogP contribution in [0.2, 0.25) is 0 Å². The number of amides is 1. The molecule has 168 valence electrons. The number of sulfonamides is 1. The lowest BCUT2D eigenvalue weighted by Crippen LogP contribution is -2.35. The highest BCUT2D eigenvalue weighted by Crippen LogP contribution is 2.44. The smallest absolute Gasteiger partial charge is 0.416 e. The number of carbonyl (C=O) groups is 1. The first-order valence-corrected chi connectivity index (χ1v) is 11.2. The van der Waals surface area contributed by atoms with Gasteiger partial charge in [-0.2, -0.15) is 13.2 Å². The van der Waals surface area contributed by atoms with Crippen LogP contribution in [0, 0.1) is 0 Å². The first-order chi connectivity index (χ1) is 15.1. The van der Waals surface area contributed by atoms with Gasteiger partial charge in [-0.3, -0.25) is 14.4 Å². The second-order valence-electron chi connectivity index (χ2n) is 6.47. The predicted octanol–water partition coefficient (Wildman–Crippen LogP) is 4.03. The van der Waals surface area contributed by atoms with E-state index in [4.69, 9.17) is 9.47 Å². The summed E-state index contributed by atoms with van der Waals surface area (Å²) in [6.45, 7) is -0.444. The minimum absolute atomic E-state index is 0.0616. The summed E-state index contributed by atoms with van der Waals surface area (Å²) >= 11 is 1.10. The number of rotatable bonds is 5. The first-order valence-electron chi connectivity index (χ1n) is 8.87. The molecule has 0 saturated heterocycles. The third kappa shape index (κ3) is 4.08. The average molecular weight is 485 g/mol. The zero-order valence-electron chi connectivity index (χ0n) is 16.2. The van der Waals surface area contributed by atoms with Crippen LogP contribution in [0.4, 0.5) is 29.7 Å². The van der Waals surface area contributed by atoms with Crippen LogP contribution in [0.15, 0.2) is 52.9 Å². The molecule has 0 saturated carbocycles. The predicted molar refractivity (Wildman–Crippen MR) is 110 cm³/mol. The highest BCUT2D eigenvalue weighted by atomic mass is 32.2. The van der Waals surface area contributed by atoms with E-state index in [1.807, 2.05) is 0 Å². The van der Waals surface area contributed by atoms with Gasteiger partial charge in [-0.15, -0.1) is 11.3 Å². The SMILES string of the molecule is COc1cc(C(F)(F)F)ccc1N1C(=O)COc2cc(S(=O)(=O)Nc3nccs3)ccc21. The van der Waals surface area contributed by atoms with E-state index in [0.717, 1.165) is 34.4 Å². The van der Waals surface area contributed by atoms with Crippen molar-refractivity contribution in [1.82, 2.24) is 4.98 Å². The Morgan fingerprint density at radius 1 is 1.19 bits per heavy atom. The Bertz CT molecular complexity index is 1280. The summed E-state index contributed by atoms with van der Waals surface area (Å²) in [6, 6.07) is 6.54. The lowest BCUT2D eigenvalue weighted by Gasteiger charge is -2.30. The third-order valence-electron chi connectivity index (χ3n) is 4.48. The van der Waals surface area contributed by atoms with Gasteiger partial charge in [0.2, 0.25) is 0 Å². The van der Waals surface area contributed by atoms with E-state index in [9.17, 15) is 26.4 Å².